The van der Waals surface area contributed by atoms with Gasteiger partial charge in [0.15, 0.2) is 0 Å². The molecule has 1 heterocycles. The monoisotopic (exact) mass is 271 g/mol. The van der Waals surface area contributed by atoms with Gasteiger partial charge in [0.2, 0.25) is 0 Å². The van der Waals surface area contributed by atoms with Crippen molar-refractivity contribution in [1.82, 2.24) is 4.90 Å². The molecule has 3 rings (SSSR count). The molecule has 106 valence electrons. The molecule has 0 radical (unpaired) electrons. The van der Waals surface area contributed by atoms with E-state index >= 15 is 0 Å². The van der Waals surface area contributed by atoms with Gasteiger partial charge >= 0.3 is 0 Å². The lowest BCUT2D eigenvalue weighted by Gasteiger charge is -2.31. The first kappa shape index (κ1) is 13.0. The minimum absolute atomic E-state index is 0.0257. The third-order valence-corrected chi connectivity index (χ3v) is 4.47. The molecular weight excluding hydrogens is 250 g/mol. The highest BCUT2D eigenvalue weighted by Crippen LogP contribution is 2.34. The zero-order valence-electron chi connectivity index (χ0n) is 11.9. The van der Waals surface area contributed by atoms with Gasteiger partial charge in [-0.2, -0.15) is 0 Å². The van der Waals surface area contributed by atoms with Crippen molar-refractivity contribution >= 4 is 11.6 Å². The molecule has 2 N–H and O–H groups in total. The fourth-order valence-corrected chi connectivity index (χ4v) is 3.29. The van der Waals surface area contributed by atoms with E-state index in [9.17, 15) is 4.79 Å². The Morgan fingerprint density at radius 3 is 2.65 bits per heavy atom. The molecule has 0 atom stereocenters. The van der Waals surface area contributed by atoms with E-state index in [1.807, 2.05) is 18.2 Å². The minimum atomic E-state index is 0.0257. The van der Waals surface area contributed by atoms with Crippen LogP contribution < -0.4 is 10.6 Å². The molecule has 1 aromatic rings. The Balaban J connectivity index is 2.08. The van der Waals surface area contributed by atoms with Crippen LogP contribution in [0.5, 0.6) is 0 Å². The average molecular weight is 271 g/mol. The smallest absolute Gasteiger partial charge is 0.259 e. The molecule has 2 aliphatic rings. The Hall–Kier alpha value is -1.97. The number of nitrogens with two attached hydrogens (primary N) is 1. The van der Waals surface area contributed by atoms with Gasteiger partial charge in [-0.15, -0.1) is 0 Å². The molecule has 1 aromatic carbocycles. The van der Waals surface area contributed by atoms with E-state index < -0.39 is 0 Å². The third kappa shape index (κ3) is 2.05. The first-order chi connectivity index (χ1) is 9.72. The van der Waals surface area contributed by atoms with Crippen molar-refractivity contribution in [2.75, 3.05) is 18.5 Å². The van der Waals surface area contributed by atoms with Crippen LogP contribution in [0.25, 0.3) is 0 Å². The molecule has 0 spiro atoms. The van der Waals surface area contributed by atoms with Gasteiger partial charge in [-0.1, -0.05) is 25.0 Å². The van der Waals surface area contributed by atoms with Gasteiger partial charge in [0, 0.05) is 19.3 Å². The first-order valence-corrected chi connectivity index (χ1v) is 7.27. The van der Waals surface area contributed by atoms with Gasteiger partial charge in [-0.3, -0.25) is 4.79 Å². The molecular formula is C16H21N3O. The van der Waals surface area contributed by atoms with Crippen LogP contribution >= 0.6 is 0 Å². The summed E-state index contributed by atoms with van der Waals surface area (Å²) in [6, 6.07) is 8.42. The topological polar surface area (TPSA) is 49.6 Å². The standard InChI is InChI=1S/C16H21N3O/c1-18-13(10-17)11-19(12-6-2-3-7-12)15-9-5-4-8-14(15)16(18)20/h4-5,8-10,12H,2-3,6-7,11,17H2,1H3/b13-10+. The quantitative estimate of drug-likeness (QED) is 0.853. The molecule has 0 unspecified atom stereocenters. The van der Waals surface area contributed by atoms with Crippen LogP contribution in [0.3, 0.4) is 0 Å². The molecule has 4 nitrogen and oxygen atoms in total. The lowest BCUT2D eigenvalue weighted by molar-refractivity contribution is 0.0838. The van der Waals surface area contributed by atoms with Crippen LogP contribution in [0.15, 0.2) is 36.2 Å². The zero-order valence-corrected chi connectivity index (χ0v) is 11.9. The Kier molecular flexibility index (Phi) is 3.38. The van der Waals surface area contributed by atoms with E-state index in [2.05, 4.69) is 11.0 Å². The van der Waals surface area contributed by atoms with E-state index in [0.717, 1.165) is 16.9 Å². The predicted octanol–water partition coefficient (Wildman–Crippen LogP) is 2.32. The average Bonchev–Trinajstić information content (AvgIpc) is 2.98. The summed E-state index contributed by atoms with van der Waals surface area (Å²) >= 11 is 0. The van der Waals surface area contributed by atoms with Crippen LogP contribution in [0.4, 0.5) is 5.69 Å². The summed E-state index contributed by atoms with van der Waals surface area (Å²) in [5.74, 6) is 0.0257. The summed E-state index contributed by atoms with van der Waals surface area (Å²) in [6.45, 7) is 0.709. The van der Waals surface area contributed by atoms with Crippen molar-refractivity contribution in [3.63, 3.8) is 0 Å². The predicted molar refractivity (Wildman–Crippen MR) is 80.4 cm³/mol. The molecule has 20 heavy (non-hydrogen) atoms. The maximum absolute atomic E-state index is 12.6. The second-order valence-corrected chi connectivity index (χ2v) is 5.61. The van der Waals surface area contributed by atoms with Crippen LogP contribution in [-0.2, 0) is 0 Å². The maximum atomic E-state index is 12.6. The highest BCUT2D eigenvalue weighted by Gasteiger charge is 2.31. The Morgan fingerprint density at radius 1 is 1.25 bits per heavy atom. The summed E-state index contributed by atoms with van der Waals surface area (Å²) in [6.07, 6.45) is 6.50. The van der Waals surface area contributed by atoms with Crippen LogP contribution in [-0.4, -0.2) is 30.4 Å². The summed E-state index contributed by atoms with van der Waals surface area (Å²) in [4.78, 5) is 16.6. The summed E-state index contributed by atoms with van der Waals surface area (Å²) in [5.41, 5.74) is 8.44. The largest absolute Gasteiger partial charge is 0.403 e. The van der Waals surface area contributed by atoms with E-state index in [0.29, 0.717) is 12.6 Å². The number of hydrogen-bond donors (Lipinski definition) is 1. The van der Waals surface area contributed by atoms with Gasteiger partial charge in [0.05, 0.1) is 23.5 Å². The van der Waals surface area contributed by atoms with Crippen LogP contribution in [0.1, 0.15) is 36.0 Å². The third-order valence-electron chi connectivity index (χ3n) is 4.47. The molecule has 1 saturated carbocycles. The number of para-hydroxylation sites is 1. The van der Waals surface area contributed by atoms with Crippen LogP contribution in [0.2, 0.25) is 0 Å². The lowest BCUT2D eigenvalue weighted by atomic mass is 10.1. The summed E-state index contributed by atoms with van der Waals surface area (Å²) in [5, 5.41) is 0. The maximum Gasteiger partial charge on any atom is 0.259 e. The van der Waals surface area contributed by atoms with Crippen LogP contribution in [0, 0.1) is 0 Å². The van der Waals surface area contributed by atoms with E-state index in [-0.39, 0.29) is 5.91 Å². The number of carbonyl (C=O) groups is 1. The van der Waals surface area contributed by atoms with Crippen molar-refractivity contribution in [3.8, 4) is 0 Å². The number of fused-ring (bicyclic) bond motifs is 1. The number of anilines is 1. The molecule has 0 saturated heterocycles. The molecule has 1 fully saturated rings. The second kappa shape index (κ2) is 5.19. The number of likely N-dealkylation sites (N-methyl/N-ethyl adjacent to an activating group) is 1. The highest BCUT2D eigenvalue weighted by molar-refractivity contribution is 6.01. The van der Waals surface area contributed by atoms with Crippen molar-refractivity contribution in [3.05, 3.63) is 41.7 Å². The second-order valence-electron chi connectivity index (χ2n) is 5.61. The Morgan fingerprint density at radius 2 is 1.95 bits per heavy atom. The molecule has 1 aliphatic heterocycles. The number of carbonyl (C=O) groups excluding carboxylic acids is 1. The molecule has 1 aliphatic carbocycles. The van der Waals surface area contributed by atoms with Crippen molar-refractivity contribution in [1.29, 1.82) is 0 Å². The number of amides is 1. The Bertz CT molecular complexity index is 546. The van der Waals surface area contributed by atoms with Gasteiger partial charge < -0.3 is 15.5 Å². The number of hydrogen-bond acceptors (Lipinski definition) is 3. The van der Waals surface area contributed by atoms with E-state index in [1.165, 1.54) is 25.7 Å². The molecule has 0 aromatic heterocycles. The fraction of sp³-hybridized carbons (Fsp3) is 0.438. The normalized spacial score (nSPS) is 22.2. The zero-order chi connectivity index (χ0) is 14.1. The number of rotatable bonds is 1. The minimum Gasteiger partial charge on any atom is -0.403 e. The Labute approximate surface area is 119 Å². The number of nitrogens with zero attached hydrogens (tertiary/aromatic N) is 2. The first-order valence-electron chi connectivity index (χ1n) is 7.27. The number of benzene rings is 1. The molecule has 4 heteroatoms. The van der Waals surface area contributed by atoms with Crippen molar-refractivity contribution in [2.45, 2.75) is 31.7 Å². The van der Waals surface area contributed by atoms with Crippen molar-refractivity contribution in [2.24, 2.45) is 5.73 Å². The van der Waals surface area contributed by atoms with Gasteiger partial charge in [-0.05, 0) is 25.0 Å². The van der Waals surface area contributed by atoms with Gasteiger partial charge in [-0.25, -0.2) is 0 Å². The summed E-state index contributed by atoms with van der Waals surface area (Å²) < 4.78 is 0. The van der Waals surface area contributed by atoms with E-state index in [1.54, 1.807) is 18.1 Å². The summed E-state index contributed by atoms with van der Waals surface area (Å²) in [7, 11) is 1.80. The molecule has 0 bridgehead atoms. The fourth-order valence-electron chi connectivity index (χ4n) is 3.29. The van der Waals surface area contributed by atoms with Crippen molar-refractivity contribution < 1.29 is 4.79 Å². The molecule has 1 amide bonds. The van der Waals surface area contributed by atoms with Gasteiger partial charge in [0.25, 0.3) is 5.91 Å². The highest BCUT2D eigenvalue weighted by atomic mass is 16.2. The van der Waals surface area contributed by atoms with E-state index in [4.69, 9.17) is 5.73 Å². The lowest BCUT2D eigenvalue weighted by Crippen LogP contribution is -2.36. The SMILES string of the molecule is CN1C(=O)c2ccccc2N(C2CCCC2)C/C1=C\N. The van der Waals surface area contributed by atoms with Gasteiger partial charge in [0.1, 0.15) is 0 Å².